The molecule has 2 N–H and O–H groups in total. The van der Waals surface area contributed by atoms with Crippen molar-refractivity contribution in [2.75, 3.05) is 19.4 Å². The Morgan fingerprint density at radius 2 is 1.52 bits per heavy atom. The second-order valence-corrected chi connectivity index (χ2v) is 10.5. The van der Waals surface area contributed by atoms with Crippen molar-refractivity contribution >= 4 is 23.8 Å². The van der Waals surface area contributed by atoms with Gasteiger partial charge in [-0.05, 0) is 30.2 Å². The fourth-order valence-corrected chi connectivity index (χ4v) is 5.76. The van der Waals surface area contributed by atoms with E-state index in [-0.39, 0.29) is 11.9 Å². The number of rotatable bonds is 8. The number of ether oxygens (including phenoxy) is 1. The summed E-state index contributed by atoms with van der Waals surface area (Å²) in [4.78, 5) is 12.2. The van der Waals surface area contributed by atoms with E-state index in [1.807, 2.05) is 26.0 Å². The summed E-state index contributed by atoms with van der Waals surface area (Å²) in [5.41, 5.74) is 5.98. The van der Waals surface area contributed by atoms with Crippen LogP contribution in [0, 0.1) is 5.92 Å². The summed E-state index contributed by atoms with van der Waals surface area (Å²) in [5, 5.41) is 2.65. The molecule has 2 aromatic carbocycles. The summed E-state index contributed by atoms with van der Waals surface area (Å²) in [6.45, 7) is 6.72. The molecule has 0 aliphatic heterocycles. The number of carbonyl (C=O) groups excluding carboxylic acids is 1. The lowest BCUT2D eigenvalue weighted by molar-refractivity contribution is -0.145. The average molecular weight is 358 g/mol. The molecule has 0 fully saturated rings. The highest BCUT2D eigenvalue weighted by atomic mass is 31.2. The average Bonchev–Trinajstić information content (AvgIpc) is 2.67. The molecule has 0 unspecified atom stereocenters. The van der Waals surface area contributed by atoms with Gasteiger partial charge in [0.15, 0.2) is 0 Å². The van der Waals surface area contributed by atoms with Crippen molar-refractivity contribution in [3.63, 3.8) is 0 Å². The van der Waals surface area contributed by atoms with E-state index in [1.165, 1.54) is 10.6 Å². The van der Waals surface area contributed by atoms with Gasteiger partial charge in [-0.2, -0.15) is 0 Å². The van der Waals surface area contributed by atoms with Crippen molar-refractivity contribution < 1.29 is 9.53 Å². The minimum Gasteiger partial charge on any atom is -0.461 e. The number of benzene rings is 2. The zero-order chi connectivity index (χ0) is 18.3. The molecule has 134 valence electrons. The summed E-state index contributed by atoms with van der Waals surface area (Å²) in [6, 6.07) is 20.5. The molecule has 0 bridgehead atoms. The fourth-order valence-electron chi connectivity index (χ4n) is 2.83. The molecule has 25 heavy (non-hydrogen) atoms. The van der Waals surface area contributed by atoms with Crippen LogP contribution in [-0.2, 0) is 9.53 Å². The molecular formula is C21H29NO2P+. The van der Waals surface area contributed by atoms with Crippen LogP contribution < -0.4 is 16.3 Å². The Kier molecular flexibility index (Phi) is 7.16. The molecule has 2 aromatic rings. The van der Waals surface area contributed by atoms with E-state index in [1.54, 1.807) is 0 Å². The minimum absolute atomic E-state index is 0.136. The van der Waals surface area contributed by atoms with Gasteiger partial charge in [0.25, 0.3) is 0 Å². The zero-order valence-corrected chi connectivity index (χ0v) is 16.3. The van der Waals surface area contributed by atoms with Crippen LogP contribution in [0.3, 0.4) is 0 Å². The van der Waals surface area contributed by atoms with E-state index in [0.29, 0.717) is 6.61 Å². The van der Waals surface area contributed by atoms with Gasteiger partial charge in [0.1, 0.15) is 18.8 Å². The van der Waals surface area contributed by atoms with E-state index < -0.39 is 13.3 Å². The normalized spacial score (nSPS) is 13.9. The first kappa shape index (κ1) is 19.6. The van der Waals surface area contributed by atoms with Gasteiger partial charge in [0.05, 0.1) is 24.5 Å². The first-order chi connectivity index (χ1) is 12.0. The molecule has 2 rings (SSSR count). The lowest BCUT2D eigenvalue weighted by Gasteiger charge is -2.24. The lowest BCUT2D eigenvalue weighted by atomic mass is 10.0. The zero-order valence-electron chi connectivity index (χ0n) is 15.4. The third-order valence-electron chi connectivity index (χ3n) is 4.96. The molecule has 0 radical (unpaired) electrons. The molecule has 0 aliphatic carbocycles. The molecule has 2 atom stereocenters. The molecule has 0 aromatic heterocycles. The van der Waals surface area contributed by atoms with Crippen LogP contribution in [0.1, 0.15) is 20.3 Å². The standard InChI is InChI=1S/C21H29NO2P/c1-4-17(2)20(22)21(23)24-15-16-25(3,18-11-7-5-8-12-18)19-13-9-6-10-14-19/h5-14,17,20H,4,15-16,22H2,1-3H3/q+1/t17-,20-/m0/s1. The predicted octanol–water partition coefficient (Wildman–Crippen LogP) is 3.20. The summed E-state index contributed by atoms with van der Waals surface area (Å²) < 4.78 is 5.53. The highest BCUT2D eigenvalue weighted by Crippen LogP contribution is 2.52. The molecule has 0 amide bonds. The largest absolute Gasteiger partial charge is 0.461 e. The third-order valence-corrected chi connectivity index (χ3v) is 8.92. The topological polar surface area (TPSA) is 52.3 Å². The van der Waals surface area contributed by atoms with E-state index >= 15 is 0 Å². The second-order valence-electron chi connectivity index (χ2n) is 6.66. The second kappa shape index (κ2) is 9.12. The Balaban J connectivity index is 2.12. The number of hydrogen-bond donors (Lipinski definition) is 1. The van der Waals surface area contributed by atoms with Gasteiger partial charge in [0, 0.05) is 0 Å². The minimum atomic E-state index is -1.61. The number of nitrogens with two attached hydrogens (primary N) is 1. The highest BCUT2D eigenvalue weighted by Gasteiger charge is 2.37. The van der Waals surface area contributed by atoms with E-state index in [0.717, 1.165) is 12.6 Å². The maximum absolute atomic E-state index is 12.2. The van der Waals surface area contributed by atoms with Crippen LogP contribution in [0.4, 0.5) is 0 Å². The lowest BCUT2D eigenvalue weighted by Crippen LogP contribution is -2.38. The van der Waals surface area contributed by atoms with Crippen molar-refractivity contribution in [3.8, 4) is 0 Å². The van der Waals surface area contributed by atoms with Crippen molar-refractivity contribution in [1.82, 2.24) is 0 Å². The Labute approximate surface area is 151 Å². The smallest absolute Gasteiger partial charge is 0.323 e. The molecular weight excluding hydrogens is 329 g/mol. The molecule has 4 heteroatoms. The number of esters is 1. The summed E-state index contributed by atoms with van der Waals surface area (Å²) in [6.07, 6.45) is 1.69. The maximum Gasteiger partial charge on any atom is 0.323 e. The van der Waals surface area contributed by atoms with Gasteiger partial charge in [-0.25, -0.2) is 0 Å². The molecule has 0 spiro atoms. The maximum atomic E-state index is 12.2. The van der Waals surface area contributed by atoms with Crippen LogP contribution >= 0.6 is 7.26 Å². The van der Waals surface area contributed by atoms with E-state index in [9.17, 15) is 4.79 Å². The van der Waals surface area contributed by atoms with Crippen LogP contribution in [-0.4, -0.2) is 31.4 Å². The number of hydrogen-bond acceptors (Lipinski definition) is 3. The SMILES string of the molecule is CC[C@H](C)[C@H](N)C(=O)OCC[P+](C)(c1ccccc1)c1ccccc1. The molecule has 3 nitrogen and oxygen atoms in total. The van der Waals surface area contributed by atoms with Gasteiger partial charge in [-0.15, -0.1) is 0 Å². The van der Waals surface area contributed by atoms with Crippen molar-refractivity contribution in [1.29, 1.82) is 0 Å². The molecule has 0 heterocycles. The van der Waals surface area contributed by atoms with Crippen molar-refractivity contribution in [2.24, 2.45) is 11.7 Å². The summed E-state index contributed by atoms with van der Waals surface area (Å²) in [7, 11) is -1.61. The third kappa shape index (κ3) is 4.90. The Bertz CT molecular complexity index is 621. The summed E-state index contributed by atoms with van der Waals surface area (Å²) >= 11 is 0. The first-order valence-corrected chi connectivity index (χ1v) is 11.3. The number of carbonyl (C=O) groups is 1. The van der Waals surface area contributed by atoms with E-state index in [2.05, 4.69) is 55.2 Å². The predicted molar refractivity (Wildman–Crippen MR) is 108 cm³/mol. The van der Waals surface area contributed by atoms with Gasteiger partial charge in [0.2, 0.25) is 0 Å². The molecule has 0 aliphatic rings. The summed E-state index contributed by atoms with van der Waals surface area (Å²) in [5.74, 6) is -0.154. The Morgan fingerprint density at radius 3 is 1.96 bits per heavy atom. The van der Waals surface area contributed by atoms with Gasteiger partial charge >= 0.3 is 5.97 Å². The Hall–Kier alpha value is -1.70. The monoisotopic (exact) mass is 358 g/mol. The molecule has 0 saturated carbocycles. The molecule has 0 saturated heterocycles. The quantitative estimate of drug-likeness (QED) is 0.582. The van der Waals surface area contributed by atoms with Gasteiger partial charge < -0.3 is 10.5 Å². The fraction of sp³-hybridized carbons (Fsp3) is 0.381. The van der Waals surface area contributed by atoms with Gasteiger partial charge in [-0.3, -0.25) is 4.79 Å². The van der Waals surface area contributed by atoms with Crippen LogP contribution in [0.25, 0.3) is 0 Å². The van der Waals surface area contributed by atoms with Gasteiger partial charge in [-0.1, -0.05) is 56.7 Å². The van der Waals surface area contributed by atoms with Crippen LogP contribution in [0.15, 0.2) is 60.7 Å². The van der Waals surface area contributed by atoms with E-state index in [4.69, 9.17) is 10.5 Å². The highest BCUT2D eigenvalue weighted by molar-refractivity contribution is 7.88. The van der Waals surface area contributed by atoms with Crippen molar-refractivity contribution in [3.05, 3.63) is 60.7 Å². The van der Waals surface area contributed by atoms with Crippen molar-refractivity contribution in [2.45, 2.75) is 26.3 Å². The first-order valence-electron chi connectivity index (χ1n) is 8.88. The Morgan fingerprint density at radius 1 is 1.04 bits per heavy atom. The van der Waals surface area contributed by atoms with Crippen LogP contribution in [0.2, 0.25) is 0 Å². The van der Waals surface area contributed by atoms with Crippen LogP contribution in [0.5, 0.6) is 0 Å².